The standard InChI is InChI=1S/C27H29BO2/c1-25(2)23-10-8-7-9-21(23)22-16-13-19(17-24(22)25)18-11-14-20(15-12-18)28-29-26(3,4)27(5,6)30-28/h7-17H,1-6H3. The highest BCUT2D eigenvalue weighted by atomic mass is 16.7. The first-order valence-electron chi connectivity index (χ1n) is 10.8. The normalized spacial score (nSPS) is 20.1. The summed E-state index contributed by atoms with van der Waals surface area (Å²) in [7, 11) is -0.322. The third-order valence-corrected chi connectivity index (χ3v) is 7.35. The van der Waals surface area contributed by atoms with Crippen molar-refractivity contribution in [3.63, 3.8) is 0 Å². The van der Waals surface area contributed by atoms with Gasteiger partial charge in [-0.1, -0.05) is 74.5 Å². The van der Waals surface area contributed by atoms with E-state index >= 15 is 0 Å². The summed E-state index contributed by atoms with van der Waals surface area (Å²) in [4.78, 5) is 0. The van der Waals surface area contributed by atoms with Gasteiger partial charge in [-0.15, -0.1) is 0 Å². The molecule has 0 atom stereocenters. The van der Waals surface area contributed by atoms with Gasteiger partial charge in [-0.3, -0.25) is 0 Å². The van der Waals surface area contributed by atoms with Gasteiger partial charge < -0.3 is 9.31 Å². The molecule has 1 fully saturated rings. The molecular weight excluding hydrogens is 367 g/mol. The summed E-state index contributed by atoms with van der Waals surface area (Å²) in [5.74, 6) is 0. The monoisotopic (exact) mass is 396 g/mol. The van der Waals surface area contributed by atoms with Gasteiger partial charge in [0.15, 0.2) is 0 Å². The fourth-order valence-corrected chi connectivity index (χ4v) is 4.70. The van der Waals surface area contributed by atoms with Crippen LogP contribution in [0.5, 0.6) is 0 Å². The lowest BCUT2D eigenvalue weighted by molar-refractivity contribution is 0.00578. The van der Waals surface area contributed by atoms with Crippen molar-refractivity contribution in [1.82, 2.24) is 0 Å². The number of fused-ring (bicyclic) bond motifs is 3. The Hall–Kier alpha value is -2.36. The molecule has 30 heavy (non-hydrogen) atoms. The van der Waals surface area contributed by atoms with E-state index in [-0.39, 0.29) is 23.7 Å². The van der Waals surface area contributed by atoms with E-state index < -0.39 is 0 Å². The molecule has 0 spiro atoms. The van der Waals surface area contributed by atoms with E-state index in [2.05, 4.69) is 108 Å². The largest absolute Gasteiger partial charge is 0.494 e. The molecule has 152 valence electrons. The molecule has 0 N–H and O–H groups in total. The Morgan fingerprint density at radius 1 is 0.600 bits per heavy atom. The first kappa shape index (κ1) is 19.6. The van der Waals surface area contributed by atoms with Crippen molar-refractivity contribution in [2.75, 3.05) is 0 Å². The highest BCUT2D eigenvalue weighted by molar-refractivity contribution is 6.62. The zero-order chi connectivity index (χ0) is 21.3. The third-order valence-electron chi connectivity index (χ3n) is 7.35. The molecule has 2 aliphatic rings. The second-order valence-electron chi connectivity index (χ2n) is 10.1. The number of hydrogen-bond acceptors (Lipinski definition) is 2. The van der Waals surface area contributed by atoms with E-state index in [1.807, 2.05) is 0 Å². The van der Waals surface area contributed by atoms with E-state index in [1.54, 1.807) is 0 Å². The first-order chi connectivity index (χ1) is 14.1. The Morgan fingerprint density at radius 3 is 1.83 bits per heavy atom. The maximum Gasteiger partial charge on any atom is 0.494 e. The number of hydrogen-bond donors (Lipinski definition) is 0. The summed E-state index contributed by atoms with van der Waals surface area (Å²) in [6.07, 6.45) is 0. The minimum Gasteiger partial charge on any atom is -0.399 e. The van der Waals surface area contributed by atoms with Gasteiger partial charge >= 0.3 is 7.12 Å². The summed E-state index contributed by atoms with van der Waals surface area (Å²) in [5, 5.41) is 0. The van der Waals surface area contributed by atoms with Gasteiger partial charge in [-0.2, -0.15) is 0 Å². The predicted octanol–water partition coefficient (Wildman–Crippen LogP) is 5.96. The lowest BCUT2D eigenvalue weighted by Gasteiger charge is -2.32. The van der Waals surface area contributed by atoms with Gasteiger partial charge in [-0.05, 0) is 72.6 Å². The first-order valence-corrected chi connectivity index (χ1v) is 10.8. The van der Waals surface area contributed by atoms with Gasteiger partial charge in [0.1, 0.15) is 0 Å². The topological polar surface area (TPSA) is 18.5 Å². The van der Waals surface area contributed by atoms with Crippen molar-refractivity contribution in [3.05, 3.63) is 77.9 Å². The van der Waals surface area contributed by atoms with Crippen LogP contribution in [0.3, 0.4) is 0 Å². The summed E-state index contributed by atoms with van der Waals surface area (Å²) in [5.41, 5.74) is 8.42. The van der Waals surface area contributed by atoms with Crippen LogP contribution in [0.1, 0.15) is 52.7 Å². The van der Waals surface area contributed by atoms with E-state index in [0.717, 1.165) is 5.46 Å². The molecule has 3 aromatic rings. The number of benzene rings is 3. The quantitative estimate of drug-likeness (QED) is 0.498. The SMILES string of the molecule is CC1(C)c2ccccc2-c2ccc(-c3ccc(B4OC(C)(C)C(C)(C)O4)cc3)cc21. The van der Waals surface area contributed by atoms with Crippen molar-refractivity contribution in [2.45, 2.75) is 58.2 Å². The molecule has 1 aliphatic heterocycles. The zero-order valence-corrected chi connectivity index (χ0v) is 18.7. The Bertz CT molecular complexity index is 1110. The lowest BCUT2D eigenvalue weighted by atomic mass is 9.78. The highest BCUT2D eigenvalue weighted by Crippen LogP contribution is 2.49. The second kappa shape index (κ2) is 6.32. The Labute approximate surface area is 180 Å². The summed E-state index contributed by atoms with van der Waals surface area (Å²) < 4.78 is 12.4. The zero-order valence-electron chi connectivity index (χ0n) is 18.7. The van der Waals surface area contributed by atoms with Crippen LogP contribution in [0.4, 0.5) is 0 Å². The molecule has 1 heterocycles. The maximum atomic E-state index is 6.20. The minimum atomic E-state index is -0.323. The van der Waals surface area contributed by atoms with Crippen LogP contribution in [-0.4, -0.2) is 18.3 Å². The number of rotatable bonds is 2. The Morgan fingerprint density at radius 2 is 1.17 bits per heavy atom. The van der Waals surface area contributed by atoms with Crippen molar-refractivity contribution < 1.29 is 9.31 Å². The Kier molecular flexibility index (Phi) is 4.13. The van der Waals surface area contributed by atoms with Gasteiger partial charge in [0.25, 0.3) is 0 Å². The molecule has 1 saturated heterocycles. The van der Waals surface area contributed by atoms with Crippen LogP contribution in [0.15, 0.2) is 66.7 Å². The van der Waals surface area contributed by atoms with Crippen LogP contribution >= 0.6 is 0 Å². The summed E-state index contributed by atoms with van der Waals surface area (Å²) >= 11 is 0. The molecule has 5 rings (SSSR count). The van der Waals surface area contributed by atoms with E-state index in [9.17, 15) is 0 Å². The fourth-order valence-electron chi connectivity index (χ4n) is 4.70. The smallest absolute Gasteiger partial charge is 0.399 e. The predicted molar refractivity (Wildman–Crippen MR) is 125 cm³/mol. The molecule has 0 saturated carbocycles. The third kappa shape index (κ3) is 2.80. The molecule has 0 amide bonds. The molecular formula is C27H29BO2. The second-order valence-corrected chi connectivity index (χ2v) is 10.1. The molecule has 0 radical (unpaired) electrons. The molecule has 2 nitrogen and oxygen atoms in total. The lowest BCUT2D eigenvalue weighted by Crippen LogP contribution is -2.41. The molecule has 0 unspecified atom stereocenters. The van der Waals surface area contributed by atoms with Crippen LogP contribution in [0.2, 0.25) is 0 Å². The van der Waals surface area contributed by atoms with Gasteiger partial charge in [0.05, 0.1) is 11.2 Å². The van der Waals surface area contributed by atoms with Gasteiger partial charge in [0, 0.05) is 5.41 Å². The van der Waals surface area contributed by atoms with Crippen molar-refractivity contribution in [1.29, 1.82) is 0 Å². The molecule has 0 aromatic heterocycles. The van der Waals surface area contributed by atoms with Gasteiger partial charge in [-0.25, -0.2) is 0 Å². The van der Waals surface area contributed by atoms with Crippen molar-refractivity contribution in [2.24, 2.45) is 0 Å². The van der Waals surface area contributed by atoms with Crippen LogP contribution in [0, 0.1) is 0 Å². The average Bonchev–Trinajstić information content (AvgIpc) is 3.08. The van der Waals surface area contributed by atoms with E-state index in [1.165, 1.54) is 33.4 Å². The van der Waals surface area contributed by atoms with Crippen LogP contribution in [0.25, 0.3) is 22.3 Å². The van der Waals surface area contributed by atoms with E-state index in [0.29, 0.717) is 0 Å². The molecule has 3 heteroatoms. The highest BCUT2D eigenvalue weighted by Gasteiger charge is 2.51. The van der Waals surface area contributed by atoms with E-state index in [4.69, 9.17) is 9.31 Å². The van der Waals surface area contributed by atoms with Crippen LogP contribution in [-0.2, 0) is 14.7 Å². The fraction of sp³-hybridized carbons (Fsp3) is 0.333. The molecule has 1 aliphatic carbocycles. The van der Waals surface area contributed by atoms with Crippen molar-refractivity contribution in [3.8, 4) is 22.3 Å². The molecule has 3 aromatic carbocycles. The van der Waals surface area contributed by atoms with Crippen molar-refractivity contribution >= 4 is 12.6 Å². The molecule has 0 bridgehead atoms. The summed E-state index contributed by atoms with van der Waals surface area (Å²) in [6, 6.07) is 24.3. The minimum absolute atomic E-state index is 0.0184. The van der Waals surface area contributed by atoms with Crippen LogP contribution < -0.4 is 5.46 Å². The maximum absolute atomic E-state index is 6.20. The summed E-state index contributed by atoms with van der Waals surface area (Å²) in [6.45, 7) is 13.0. The Balaban J connectivity index is 1.47. The average molecular weight is 396 g/mol. The van der Waals surface area contributed by atoms with Gasteiger partial charge in [0.2, 0.25) is 0 Å².